The molecule has 1 aromatic carbocycles. The molecule has 1 unspecified atom stereocenters. The lowest BCUT2D eigenvalue weighted by atomic mass is 10.1. The number of amides is 1. The van der Waals surface area contributed by atoms with Crippen LogP contribution in [0.5, 0.6) is 5.75 Å². The number of nitrogens with one attached hydrogen (secondary N) is 1. The van der Waals surface area contributed by atoms with Crippen LogP contribution < -0.4 is 10.1 Å². The average Bonchev–Trinajstić information content (AvgIpc) is 3.46. The summed E-state index contributed by atoms with van der Waals surface area (Å²) in [4.78, 5) is 20.0. The van der Waals surface area contributed by atoms with E-state index >= 15 is 0 Å². The third kappa shape index (κ3) is 5.64. The molecule has 3 heterocycles. The Labute approximate surface area is 194 Å². The van der Waals surface area contributed by atoms with Crippen molar-refractivity contribution < 1.29 is 27.4 Å². The Morgan fingerprint density at radius 1 is 1.24 bits per heavy atom. The predicted octanol–water partition coefficient (Wildman–Crippen LogP) is 3.57. The molecule has 0 aliphatic carbocycles. The van der Waals surface area contributed by atoms with Crippen molar-refractivity contribution >= 4 is 11.7 Å². The van der Waals surface area contributed by atoms with Crippen LogP contribution in [0.1, 0.15) is 47.6 Å². The second-order valence-electron chi connectivity index (χ2n) is 8.27. The van der Waals surface area contributed by atoms with Gasteiger partial charge in [0.25, 0.3) is 11.6 Å². The average molecular weight is 477 g/mol. The van der Waals surface area contributed by atoms with Crippen LogP contribution in [0, 0.1) is 13.8 Å². The van der Waals surface area contributed by atoms with Crippen LogP contribution in [0.15, 0.2) is 24.3 Å². The SMILES string of the molecule is Cc1nc2nc(C(F)(F)F)nn2c(C)c1CCC(=O)NCc1ccc(OCC2CCCO2)cc1. The maximum absolute atomic E-state index is 12.9. The summed E-state index contributed by atoms with van der Waals surface area (Å²) in [5, 5.41) is 6.39. The van der Waals surface area contributed by atoms with Crippen molar-refractivity contribution in [1.29, 1.82) is 0 Å². The number of rotatable bonds is 8. The first kappa shape index (κ1) is 23.9. The van der Waals surface area contributed by atoms with Crippen molar-refractivity contribution in [2.24, 2.45) is 0 Å². The number of fused-ring (bicyclic) bond motifs is 1. The molecule has 2 aromatic heterocycles. The van der Waals surface area contributed by atoms with Crippen LogP contribution >= 0.6 is 0 Å². The zero-order valence-corrected chi connectivity index (χ0v) is 19.0. The minimum absolute atomic E-state index is 0.112. The Kier molecular flexibility index (Phi) is 7.01. The minimum Gasteiger partial charge on any atom is -0.491 e. The number of aromatic nitrogens is 4. The number of ether oxygens (including phenoxy) is 2. The fourth-order valence-electron chi connectivity index (χ4n) is 3.89. The molecule has 1 amide bonds. The molecule has 1 aliphatic rings. The van der Waals surface area contributed by atoms with E-state index in [-0.39, 0.29) is 24.2 Å². The van der Waals surface area contributed by atoms with Crippen LogP contribution in [0.2, 0.25) is 0 Å². The molecular weight excluding hydrogens is 451 g/mol. The maximum Gasteiger partial charge on any atom is 0.453 e. The lowest BCUT2D eigenvalue weighted by Gasteiger charge is -2.12. The Bertz CT molecular complexity index is 1160. The number of alkyl halides is 3. The summed E-state index contributed by atoms with van der Waals surface area (Å²) in [7, 11) is 0. The Morgan fingerprint density at radius 2 is 2.00 bits per heavy atom. The zero-order valence-electron chi connectivity index (χ0n) is 19.0. The summed E-state index contributed by atoms with van der Waals surface area (Å²) >= 11 is 0. The molecule has 1 fully saturated rings. The third-order valence-corrected chi connectivity index (χ3v) is 5.78. The van der Waals surface area contributed by atoms with Gasteiger partial charge in [-0.2, -0.15) is 18.2 Å². The Hall–Kier alpha value is -3.21. The fraction of sp³-hybridized carbons (Fsp3) is 0.478. The molecule has 1 N–H and O–H groups in total. The van der Waals surface area contributed by atoms with E-state index in [4.69, 9.17) is 9.47 Å². The van der Waals surface area contributed by atoms with E-state index in [0.29, 0.717) is 36.5 Å². The maximum atomic E-state index is 12.9. The van der Waals surface area contributed by atoms with Crippen molar-refractivity contribution in [3.8, 4) is 5.75 Å². The van der Waals surface area contributed by atoms with Gasteiger partial charge in [-0.1, -0.05) is 12.1 Å². The second-order valence-corrected chi connectivity index (χ2v) is 8.27. The molecule has 8 nitrogen and oxygen atoms in total. The highest BCUT2D eigenvalue weighted by Crippen LogP contribution is 2.27. The van der Waals surface area contributed by atoms with Gasteiger partial charge in [-0.3, -0.25) is 4.79 Å². The first-order valence-corrected chi connectivity index (χ1v) is 11.1. The van der Waals surface area contributed by atoms with Crippen molar-refractivity contribution in [3.63, 3.8) is 0 Å². The molecule has 0 saturated carbocycles. The van der Waals surface area contributed by atoms with Crippen LogP contribution in [0.3, 0.4) is 0 Å². The van der Waals surface area contributed by atoms with E-state index in [1.807, 2.05) is 24.3 Å². The van der Waals surface area contributed by atoms with Crippen molar-refractivity contribution in [3.05, 3.63) is 52.6 Å². The van der Waals surface area contributed by atoms with Gasteiger partial charge in [0, 0.05) is 31.0 Å². The quantitative estimate of drug-likeness (QED) is 0.534. The van der Waals surface area contributed by atoms with Crippen LogP contribution in [0.4, 0.5) is 13.2 Å². The van der Waals surface area contributed by atoms with E-state index in [1.54, 1.807) is 13.8 Å². The summed E-state index contributed by atoms with van der Waals surface area (Å²) in [6.45, 7) is 5.01. The normalized spacial score (nSPS) is 16.2. The molecule has 1 aliphatic heterocycles. The summed E-state index contributed by atoms with van der Waals surface area (Å²) in [6, 6.07) is 7.50. The summed E-state index contributed by atoms with van der Waals surface area (Å²) in [6.07, 6.45) is -1.93. The number of halogens is 3. The summed E-state index contributed by atoms with van der Waals surface area (Å²) in [5.41, 5.74) is 2.61. The van der Waals surface area contributed by atoms with Crippen LogP contribution in [-0.2, 0) is 28.7 Å². The van der Waals surface area contributed by atoms with E-state index in [9.17, 15) is 18.0 Å². The van der Waals surface area contributed by atoms with Gasteiger partial charge in [-0.15, -0.1) is 5.10 Å². The number of carbonyl (C=O) groups is 1. The van der Waals surface area contributed by atoms with Gasteiger partial charge in [-0.25, -0.2) is 9.50 Å². The van der Waals surface area contributed by atoms with Crippen molar-refractivity contribution in [1.82, 2.24) is 24.9 Å². The van der Waals surface area contributed by atoms with Gasteiger partial charge in [0.05, 0.1) is 6.10 Å². The third-order valence-electron chi connectivity index (χ3n) is 5.78. The van der Waals surface area contributed by atoms with Crippen molar-refractivity contribution in [2.45, 2.75) is 58.4 Å². The summed E-state index contributed by atoms with van der Waals surface area (Å²) < 4.78 is 51.1. The molecule has 3 aromatic rings. The largest absolute Gasteiger partial charge is 0.491 e. The van der Waals surface area contributed by atoms with Crippen molar-refractivity contribution in [2.75, 3.05) is 13.2 Å². The van der Waals surface area contributed by atoms with E-state index in [2.05, 4.69) is 20.4 Å². The molecule has 34 heavy (non-hydrogen) atoms. The molecule has 0 radical (unpaired) electrons. The molecule has 1 atom stereocenters. The summed E-state index contributed by atoms with van der Waals surface area (Å²) in [5.74, 6) is -0.771. The van der Waals surface area contributed by atoms with Crippen LogP contribution in [0.25, 0.3) is 5.78 Å². The minimum atomic E-state index is -4.65. The molecule has 0 spiro atoms. The highest BCUT2D eigenvalue weighted by atomic mass is 19.4. The Morgan fingerprint density at radius 3 is 2.68 bits per heavy atom. The Balaban J connectivity index is 1.29. The number of benzene rings is 1. The monoisotopic (exact) mass is 477 g/mol. The van der Waals surface area contributed by atoms with E-state index < -0.39 is 12.0 Å². The molecular formula is C23H26F3N5O3. The first-order valence-electron chi connectivity index (χ1n) is 11.1. The van der Waals surface area contributed by atoms with Gasteiger partial charge in [0.1, 0.15) is 12.4 Å². The molecule has 1 saturated heterocycles. The van der Waals surface area contributed by atoms with Gasteiger partial charge < -0.3 is 14.8 Å². The van der Waals surface area contributed by atoms with Crippen LogP contribution in [-0.4, -0.2) is 44.8 Å². The number of hydrogen-bond acceptors (Lipinski definition) is 6. The lowest BCUT2D eigenvalue weighted by molar-refractivity contribution is -0.144. The topological polar surface area (TPSA) is 90.6 Å². The number of hydrogen-bond donors (Lipinski definition) is 1. The standard InChI is InChI=1S/C23H26F3N5O3/c1-14-19(15(2)31-22(28-14)29-21(30-31)23(24,25)26)9-10-20(32)27-12-16-5-7-17(8-6-16)34-13-18-4-3-11-33-18/h5-8,18H,3-4,9-13H2,1-2H3,(H,27,32). The highest BCUT2D eigenvalue weighted by molar-refractivity contribution is 5.76. The predicted molar refractivity (Wildman–Crippen MR) is 116 cm³/mol. The molecule has 11 heteroatoms. The molecule has 4 rings (SSSR count). The van der Waals surface area contributed by atoms with E-state index in [1.165, 1.54) is 0 Å². The highest BCUT2D eigenvalue weighted by Gasteiger charge is 2.37. The van der Waals surface area contributed by atoms with Gasteiger partial charge in [0.15, 0.2) is 0 Å². The lowest BCUT2D eigenvalue weighted by Crippen LogP contribution is -2.23. The molecule has 182 valence electrons. The van der Waals surface area contributed by atoms with Gasteiger partial charge in [0.2, 0.25) is 5.91 Å². The number of aryl methyl sites for hydroxylation is 2. The fourth-order valence-corrected chi connectivity index (χ4v) is 3.89. The first-order chi connectivity index (χ1) is 16.2. The second kappa shape index (κ2) is 9.96. The zero-order chi connectivity index (χ0) is 24.3. The molecule has 0 bridgehead atoms. The number of carbonyl (C=O) groups excluding carboxylic acids is 1. The van der Waals surface area contributed by atoms with Gasteiger partial charge >= 0.3 is 6.18 Å². The smallest absolute Gasteiger partial charge is 0.453 e. The van der Waals surface area contributed by atoms with Gasteiger partial charge in [-0.05, 0) is 56.4 Å². The number of nitrogens with zero attached hydrogens (tertiary/aromatic N) is 4. The van der Waals surface area contributed by atoms with E-state index in [0.717, 1.165) is 35.3 Å².